The Kier molecular flexibility index (Phi) is 4.95. The van der Waals surface area contributed by atoms with E-state index in [1.54, 1.807) is 0 Å². The van der Waals surface area contributed by atoms with E-state index in [0.717, 1.165) is 23.1 Å². The number of nitrogens with two attached hydrogens (primary N) is 1. The highest BCUT2D eigenvalue weighted by Crippen LogP contribution is 2.27. The number of nitrogens with zero attached hydrogens (tertiary/aromatic N) is 4. The van der Waals surface area contributed by atoms with Crippen molar-refractivity contribution in [2.75, 3.05) is 23.7 Å². The Hall–Kier alpha value is -1.89. The second-order valence-electron chi connectivity index (χ2n) is 4.46. The summed E-state index contributed by atoms with van der Waals surface area (Å²) in [6.07, 6.45) is 0. The molecule has 112 valence electrons. The van der Waals surface area contributed by atoms with E-state index < -0.39 is 0 Å². The van der Waals surface area contributed by atoms with Crippen LogP contribution < -0.4 is 15.4 Å². The van der Waals surface area contributed by atoms with Crippen molar-refractivity contribution in [1.29, 1.82) is 0 Å². The van der Waals surface area contributed by atoms with E-state index in [1.807, 2.05) is 43.9 Å². The van der Waals surface area contributed by atoms with Crippen LogP contribution in [0.4, 0.5) is 11.9 Å². The molecule has 1 aromatic heterocycles. The van der Waals surface area contributed by atoms with Gasteiger partial charge in [-0.05, 0) is 38.5 Å². The lowest BCUT2D eigenvalue weighted by atomic mass is 10.2. The highest BCUT2D eigenvalue weighted by Gasteiger charge is 2.12. The van der Waals surface area contributed by atoms with Crippen molar-refractivity contribution in [2.45, 2.75) is 20.8 Å². The third-order valence-electron chi connectivity index (χ3n) is 3.02. The van der Waals surface area contributed by atoms with Gasteiger partial charge in [0.05, 0.1) is 0 Å². The lowest BCUT2D eigenvalue weighted by Crippen LogP contribution is -2.25. The molecule has 0 fully saturated rings. The van der Waals surface area contributed by atoms with Crippen LogP contribution in [0, 0.1) is 6.92 Å². The van der Waals surface area contributed by atoms with Gasteiger partial charge in [-0.2, -0.15) is 15.0 Å². The molecule has 0 amide bonds. The molecule has 6 nitrogen and oxygen atoms in total. The number of aryl methyl sites for hydroxylation is 1. The third-order valence-corrected chi connectivity index (χ3v) is 3.51. The number of aromatic nitrogens is 3. The number of hydrogen-bond donors (Lipinski definition) is 1. The Balaban J connectivity index is 2.34. The molecule has 1 aromatic carbocycles. The zero-order valence-electron chi connectivity index (χ0n) is 12.3. The number of benzene rings is 1. The summed E-state index contributed by atoms with van der Waals surface area (Å²) in [7, 11) is 0. The van der Waals surface area contributed by atoms with Crippen LogP contribution in [0.1, 0.15) is 19.4 Å². The molecule has 0 spiro atoms. The molecule has 0 aliphatic heterocycles. The summed E-state index contributed by atoms with van der Waals surface area (Å²) in [6.45, 7) is 7.59. The van der Waals surface area contributed by atoms with Crippen molar-refractivity contribution in [2.24, 2.45) is 0 Å². The van der Waals surface area contributed by atoms with Gasteiger partial charge in [0.15, 0.2) is 0 Å². The summed E-state index contributed by atoms with van der Waals surface area (Å²) in [6, 6.07) is 5.97. The van der Waals surface area contributed by atoms with Gasteiger partial charge in [-0.3, -0.25) is 0 Å². The molecule has 7 heteroatoms. The van der Waals surface area contributed by atoms with Gasteiger partial charge in [0, 0.05) is 17.6 Å². The quantitative estimate of drug-likeness (QED) is 0.891. The Bertz CT molecular complexity index is 631. The molecule has 2 N–H and O–H groups in total. The first-order valence-electron chi connectivity index (χ1n) is 6.74. The second kappa shape index (κ2) is 6.71. The Labute approximate surface area is 132 Å². The van der Waals surface area contributed by atoms with Crippen LogP contribution in [-0.4, -0.2) is 28.0 Å². The highest BCUT2D eigenvalue weighted by molar-refractivity contribution is 9.10. The van der Waals surface area contributed by atoms with Gasteiger partial charge >= 0.3 is 6.01 Å². The van der Waals surface area contributed by atoms with E-state index in [-0.39, 0.29) is 12.0 Å². The summed E-state index contributed by atoms with van der Waals surface area (Å²) in [5.41, 5.74) is 6.74. The molecule has 0 aliphatic carbocycles. The minimum atomic E-state index is 0.148. The molecule has 0 radical (unpaired) electrons. The van der Waals surface area contributed by atoms with Crippen LogP contribution in [-0.2, 0) is 0 Å². The molecule has 0 atom stereocenters. The zero-order chi connectivity index (χ0) is 15.4. The summed E-state index contributed by atoms with van der Waals surface area (Å²) in [4.78, 5) is 14.5. The number of rotatable bonds is 5. The van der Waals surface area contributed by atoms with Gasteiger partial charge in [-0.25, -0.2) is 0 Å². The lowest BCUT2D eigenvalue weighted by Gasteiger charge is -2.18. The Morgan fingerprint density at radius 1 is 1.19 bits per heavy atom. The van der Waals surface area contributed by atoms with Crippen molar-refractivity contribution in [3.05, 3.63) is 28.2 Å². The summed E-state index contributed by atoms with van der Waals surface area (Å²) >= 11 is 3.42. The molecule has 0 unspecified atom stereocenters. The van der Waals surface area contributed by atoms with Gasteiger partial charge in [0.2, 0.25) is 11.9 Å². The smallest absolute Gasteiger partial charge is 0.328 e. The van der Waals surface area contributed by atoms with E-state index >= 15 is 0 Å². The third kappa shape index (κ3) is 3.81. The molecule has 0 aliphatic rings. The van der Waals surface area contributed by atoms with E-state index in [1.165, 1.54) is 0 Å². The van der Waals surface area contributed by atoms with Crippen LogP contribution in [0.3, 0.4) is 0 Å². The van der Waals surface area contributed by atoms with Gasteiger partial charge < -0.3 is 15.4 Å². The fraction of sp³-hybridized carbons (Fsp3) is 0.357. The van der Waals surface area contributed by atoms with E-state index in [2.05, 4.69) is 30.9 Å². The van der Waals surface area contributed by atoms with Crippen LogP contribution in [0.2, 0.25) is 0 Å². The first-order chi connectivity index (χ1) is 10.0. The first-order valence-corrected chi connectivity index (χ1v) is 7.53. The zero-order valence-corrected chi connectivity index (χ0v) is 13.9. The molecule has 1 heterocycles. The van der Waals surface area contributed by atoms with Gasteiger partial charge in [-0.1, -0.05) is 22.0 Å². The van der Waals surface area contributed by atoms with E-state index in [0.29, 0.717) is 11.7 Å². The number of hydrogen-bond acceptors (Lipinski definition) is 6. The second-order valence-corrected chi connectivity index (χ2v) is 5.38. The minimum Gasteiger partial charge on any atom is -0.424 e. The SMILES string of the molecule is CCN(CC)c1nc(N)nc(Oc2cc(Br)ccc2C)n1. The Morgan fingerprint density at radius 3 is 2.57 bits per heavy atom. The predicted molar refractivity (Wildman–Crippen MR) is 86.8 cm³/mol. The number of nitrogen functional groups attached to an aromatic ring is 1. The number of halogens is 1. The molecule has 0 bridgehead atoms. The van der Waals surface area contributed by atoms with Gasteiger partial charge in [0.1, 0.15) is 5.75 Å². The normalized spacial score (nSPS) is 10.5. The molecular weight excluding hydrogens is 334 g/mol. The predicted octanol–water partition coefficient (Wildman–Crippen LogP) is 3.16. The number of ether oxygens (including phenoxy) is 1. The van der Waals surface area contributed by atoms with Crippen LogP contribution in [0.5, 0.6) is 11.8 Å². The maximum absolute atomic E-state index is 5.75. The van der Waals surface area contributed by atoms with Crippen LogP contribution in [0.15, 0.2) is 22.7 Å². The fourth-order valence-electron chi connectivity index (χ4n) is 1.84. The molecular formula is C14H18BrN5O. The van der Waals surface area contributed by atoms with Crippen molar-refractivity contribution < 1.29 is 4.74 Å². The van der Waals surface area contributed by atoms with Crippen LogP contribution >= 0.6 is 15.9 Å². The van der Waals surface area contributed by atoms with Crippen molar-refractivity contribution in [1.82, 2.24) is 15.0 Å². The highest BCUT2D eigenvalue weighted by atomic mass is 79.9. The lowest BCUT2D eigenvalue weighted by molar-refractivity contribution is 0.437. The fourth-order valence-corrected chi connectivity index (χ4v) is 2.18. The Morgan fingerprint density at radius 2 is 1.90 bits per heavy atom. The number of anilines is 2. The minimum absolute atomic E-state index is 0.148. The van der Waals surface area contributed by atoms with Gasteiger partial charge in [-0.15, -0.1) is 0 Å². The van der Waals surface area contributed by atoms with E-state index in [9.17, 15) is 0 Å². The first kappa shape index (κ1) is 15.5. The molecule has 2 rings (SSSR count). The van der Waals surface area contributed by atoms with Gasteiger partial charge in [0.25, 0.3) is 0 Å². The topological polar surface area (TPSA) is 77.2 Å². The summed E-state index contributed by atoms with van der Waals surface area (Å²) in [5, 5.41) is 0. The molecule has 0 saturated heterocycles. The molecule has 21 heavy (non-hydrogen) atoms. The van der Waals surface area contributed by atoms with Crippen molar-refractivity contribution >= 4 is 27.8 Å². The van der Waals surface area contributed by atoms with Crippen molar-refractivity contribution in [3.8, 4) is 11.8 Å². The van der Waals surface area contributed by atoms with E-state index in [4.69, 9.17) is 10.5 Å². The summed E-state index contributed by atoms with van der Waals surface area (Å²) in [5.74, 6) is 1.35. The average molecular weight is 352 g/mol. The monoisotopic (exact) mass is 351 g/mol. The maximum atomic E-state index is 5.75. The van der Waals surface area contributed by atoms with Crippen molar-refractivity contribution in [3.63, 3.8) is 0 Å². The standard InChI is InChI=1S/C14H18BrN5O/c1-4-20(5-2)13-17-12(16)18-14(19-13)21-11-8-10(15)7-6-9(11)3/h6-8H,4-5H2,1-3H3,(H2,16,17,18,19). The molecule has 0 saturated carbocycles. The molecule has 2 aromatic rings. The average Bonchev–Trinajstić information content (AvgIpc) is 2.44. The summed E-state index contributed by atoms with van der Waals surface area (Å²) < 4.78 is 6.68. The van der Waals surface area contributed by atoms with Crippen LogP contribution in [0.25, 0.3) is 0 Å². The largest absolute Gasteiger partial charge is 0.424 e. The maximum Gasteiger partial charge on any atom is 0.328 e.